The number of amides is 2. The second kappa shape index (κ2) is 13.7. The number of rotatable bonds is 11. The van der Waals surface area contributed by atoms with Gasteiger partial charge in [0.05, 0.1) is 11.6 Å². The van der Waals surface area contributed by atoms with Crippen LogP contribution in [0.3, 0.4) is 0 Å². The number of hydrogen-bond donors (Lipinski definition) is 1. The van der Waals surface area contributed by atoms with Crippen LogP contribution in [0.4, 0.5) is 0 Å². The standard InChI is InChI=1S/C34H35BrN2O4/c1-40-28-16-9-12-25(20-28)22-37(32(38)23-41-31-19-18-26-13-5-8-17-29(26)33(31)35)30(21-24-10-3-2-4-11-24)34(39)36-27-14-6-7-15-27/h2-5,8-13,16-20,27,30H,6-7,14-15,21-23H2,1H3,(H,36,39). The number of benzene rings is 4. The molecule has 0 aliphatic heterocycles. The van der Waals surface area contributed by atoms with Crippen LogP contribution in [-0.4, -0.2) is 42.5 Å². The van der Waals surface area contributed by atoms with Crippen molar-refractivity contribution in [2.75, 3.05) is 13.7 Å². The fourth-order valence-corrected chi connectivity index (χ4v) is 6.04. The summed E-state index contributed by atoms with van der Waals surface area (Å²) in [6, 6.07) is 28.7. The fraction of sp³-hybridized carbons (Fsp3) is 0.294. The Hall–Kier alpha value is -3.84. The number of hydrogen-bond acceptors (Lipinski definition) is 4. The van der Waals surface area contributed by atoms with E-state index in [1.165, 1.54) is 0 Å². The molecule has 0 aromatic heterocycles. The van der Waals surface area contributed by atoms with Crippen molar-refractivity contribution >= 4 is 38.5 Å². The lowest BCUT2D eigenvalue weighted by atomic mass is 10.0. The fourth-order valence-electron chi connectivity index (χ4n) is 5.44. The molecule has 212 valence electrons. The molecule has 1 atom stereocenters. The number of nitrogens with one attached hydrogen (secondary N) is 1. The molecule has 1 fully saturated rings. The zero-order chi connectivity index (χ0) is 28.6. The Morgan fingerprint density at radius 1 is 0.927 bits per heavy atom. The van der Waals surface area contributed by atoms with Gasteiger partial charge in [-0.2, -0.15) is 0 Å². The van der Waals surface area contributed by atoms with Crippen molar-refractivity contribution in [1.29, 1.82) is 0 Å². The van der Waals surface area contributed by atoms with Crippen molar-refractivity contribution in [3.63, 3.8) is 0 Å². The van der Waals surface area contributed by atoms with Crippen molar-refractivity contribution in [2.24, 2.45) is 0 Å². The molecular formula is C34H35BrN2O4. The van der Waals surface area contributed by atoms with Crippen LogP contribution in [-0.2, 0) is 22.6 Å². The van der Waals surface area contributed by atoms with E-state index in [0.29, 0.717) is 17.9 Å². The first kappa shape index (κ1) is 28.7. The zero-order valence-corrected chi connectivity index (χ0v) is 24.8. The Kier molecular flexibility index (Phi) is 9.57. The van der Waals surface area contributed by atoms with E-state index in [0.717, 1.165) is 52.1 Å². The van der Waals surface area contributed by atoms with Gasteiger partial charge >= 0.3 is 0 Å². The number of nitrogens with zero attached hydrogens (tertiary/aromatic N) is 1. The van der Waals surface area contributed by atoms with E-state index in [1.54, 1.807) is 12.0 Å². The first-order valence-electron chi connectivity index (χ1n) is 14.1. The van der Waals surface area contributed by atoms with Crippen molar-refractivity contribution in [3.8, 4) is 11.5 Å². The maximum absolute atomic E-state index is 14.0. The molecule has 2 amide bonds. The summed E-state index contributed by atoms with van der Waals surface area (Å²) in [4.78, 5) is 29.5. The third-order valence-electron chi connectivity index (χ3n) is 7.64. The van der Waals surface area contributed by atoms with Crippen molar-refractivity contribution in [1.82, 2.24) is 10.2 Å². The highest BCUT2D eigenvalue weighted by molar-refractivity contribution is 9.10. The first-order valence-corrected chi connectivity index (χ1v) is 14.9. The van der Waals surface area contributed by atoms with Gasteiger partial charge in [0.2, 0.25) is 5.91 Å². The molecule has 1 unspecified atom stereocenters. The van der Waals surface area contributed by atoms with Crippen LogP contribution in [0.15, 0.2) is 95.5 Å². The molecule has 1 aliphatic rings. The van der Waals surface area contributed by atoms with Crippen LogP contribution in [0.5, 0.6) is 11.5 Å². The quantitative estimate of drug-likeness (QED) is 0.204. The molecule has 0 spiro atoms. The van der Waals surface area contributed by atoms with Crippen LogP contribution in [0.2, 0.25) is 0 Å². The van der Waals surface area contributed by atoms with Gasteiger partial charge in [-0.15, -0.1) is 0 Å². The summed E-state index contributed by atoms with van der Waals surface area (Å²) < 4.78 is 12.3. The summed E-state index contributed by atoms with van der Waals surface area (Å²) in [5, 5.41) is 5.32. The van der Waals surface area contributed by atoms with Crippen LogP contribution < -0.4 is 14.8 Å². The van der Waals surface area contributed by atoms with Gasteiger partial charge in [0.1, 0.15) is 17.5 Å². The minimum atomic E-state index is -0.708. The van der Waals surface area contributed by atoms with E-state index < -0.39 is 6.04 Å². The van der Waals surface area contributed by atoms with E-state index >= 15 is 0 Å². The Labute approximate surface area is 249 Å². The summed E-state index contributed by atoms with van der Waals surface area (Å²) in [6.07, 6.45) is 4.54. The second-order valence-electron chi connectivity index (χ2n) is 10.5. The van der Waals surface area contributed by atoms with Crippen LogP contribution in [0.1, 0.15) is 36.8 Å². The summed E-state index contributed by atoms with van der Waals surface area (Å²) in [6.45, 7) is 0.0385. The smallest absolute Gasteiger partial charge is 0.261 e. The highest BCUT2D eigenvalue weighted by atomic mass is 79.9. The lowest BCUT2D eigenvalue weighted by Gasteiger charge is -2.32. The lowest BCUT2D eigenvalue weighted by Crippen LogP contribution is -2.53. The topological polar surface area (TPSA) is 67.9 Å². The van der Waals surface area contributed by atoms with Gasteiger partial charge < -0.3 is 19.7 Å². The normalized spacial score (nSPS) is 14.0. The number of halogens is 1. The molecule has 6 nitrogen and oxygen atoms in total. The molecule has 0 saturated heterocycles. The number of fused-ring (bicyclic) bond motifs is 1. The van der Waals surface area contributed by atoms with Crippen molar-refractivity contribution in [3.05, 3.63) is 107 Å². The third-order valence-corrected chi connectivity index (χ3v) is 8.46. The number of methoxy groups -OCH3 is 1. The molecule has 5 rings (SSSR count). The monoisotopic (exact) mass is 614 g/mol. The Morgan fingerprint density at radius 2 is 1.66 bits per heavy atom. The Balaban J connectivity index is 1.44. The minimum absolute atomic E-state index is 0.135. The SMILES string of the molecule is COc1cccc(CN(C(=O)COc2ccc3ccccc3c2Br)C(Cc2ccccc2)C(=O)NC2CCCC2)c1. The molecule has 1 N–H and O–H groups in total. The summed E-state index contributed by atoms with van der Waals surface area (Å²) in [7, 11) is 1.62. The van der Waals surface area contributed by atoms with Crippen LogP contribution in [0.25, 0.3) is 10.8 Å². The minimum Gasteiger partial charge on any atom is -0.497 e. The average molecular weight is 616 g/mol. The average Bonchev–Trinajstić information content (AvgIpc) is 3.52. The first-order chi connectivity index (χ1) is 20.0. The summed E-state index contributed by atoms with van der Waals surface area (Å²) in [5.74, 6) is 0.869. The molecule has 1 saturated carbocycles. The number of carbonyl (C=O) groups excluding carboxylic acids is 2. The third kappa shape index (κ3) is 7.27. The lowest BCUT2D eigenvalue weighted by molar-refractivity contribution is -0.143. The molecule has 0 radical (unpaired) electrons. The highest BCUT2D eigenvalue weighted by Crippen LogP contribution is 2.33. The van der Waals surface area contributed by atoms with Gasteiger partial charge in [-0.3, -0.25) is 9.59 Å². The largest absolute Gasteiger partial charge is 0.497 e. The maximum Gasteiger partial charge on any atom is 0.261 e. The second-order valence-corrected chi connectivity index (χ2v) is 11.2. The van der Waals surface area contributed by atoms with Crippen molar-refractivity contribution in [2.45, 2.75) is 50.7 Å². The molecule has 7 heteroatoms. The highest BCUT2D eigenvalue weighted by Gasteiger charge is 2.32. The molecule has 4 aromatic carbocycles. The van der Waals surface area contributed by atoms with Gasteiger partial charge in [0, 0.05) is 19.0 Å². The van der Waals surface area contributed by atoms with Gasteiger partial charge in [-0.25, -0.2) is 0 Å². The van der Waals surface area contributed by atoms with Gasteiger partial charge in [-0.05, 0) is 68.9 Å². The number of carbonyl (C=O) groups is 2. The summed E-state index contributed by atoms with van der Waals surface area (Å²) >= 11 is 3.66. The zero-order valence-electron chi connectivity index (χ0n) is 23.2. The van der Waals surface area contributed by atoms with E-state index in [9.17, 15) is 9.59 Å². The molecule has 1 aliphatic carbocycles. The van der Waals surface area contributed by atoms with Crippen LogP contribution in [0, 0.1) is 0 Å². The van der Waals surface area contributed by atoms with E-state index in [4.69, 9.17) is 9.47 Å². The van der Waals surface area contributed by atoms with E-state index in [-0.39, 0.29) is 31.0 Å². The Bertz CT molecular complexity index is 1490. The van der Waals surface area contributed by atoms with E-state index in [2.05, 4.69) is 21.2 Å². The van der Waals surface area contributed by atoms with Crippen LogP contribution >= 0.6 is 15.9 Å². The van der Waals surface area contributed by atoms with Gasteiger partial charge in [0.15, 0.2) is 6.61 Å². The molecule has 41 heavy (non-hydrogen) atoms. The van der Waals surface area contributed by atoms with E-state index in [1.807, 2.05) is 91.0 Å². The molecule has 0 heterocycles. The van der Waals surface area contributed by atoms with Gasteiger partial charge in [-0.1, -0.05) is 85.6 Å². The van der Waals surface area contributed by atoms with Gasteiger partial charge in [0.25, 0.3) is 5.91 Å². The molecule has 0 bridgehead atoms. The predicted molar refractivity (Wildman–Crippen MR) is 165 cm³/mol. The van der Waals surface area contributed by atoms with Crippen molar-refractivity contribution < 1.29 is 19.1 Å². The maximum atomic E-state index is 14.0. The predicted octanol–water partition coefficient (Wildman–Crippen LogP) is 6.69. The molecular weight excluding hydrogens is 580 g/mol. The molecule has 4 aromatic rings. The Morgan fingerprint density at radius 3 is 2.44 bits per heavy atom. The number of ether oxygens (including phenoxy) is 2. The summed E-state index contributed by atoms with van der Waals surface area (Å²) in [5.41, 5.74) is 1.86.